The maximum Gasteiger partial charge on any atom is 0.264 e. The van der Waals surface area contributed by atoms with Crippen LogP contribution in [0.3, 0.4) is 0 Å². The van der Waals surface area contributed by atoms with Gasteiger partial charge in [0.1, 0.15) is 31.6 Å². The molecule has 3 aromatic rings. The van der Waals surface area contributed by atoms with Gasteiger partial charge in [0, 0.05) is 18.7 Å². The molecule has 240 valence electrons. The van der Waals surface area contributed by atoms with Crippen molar-refractivity contribution in [1.82, 2.24) is 10.2 Å². The van der Waals surface area contributed by atoms with Gasteiger partial charge in [0.15, 0.2) is 11.5 Å². The molecule has 0 radical (unpaired) electrons. The Bertz CT molecular complexity index is 1610. The minimum Gasteiger partial charge on any atom is -0.486 e. The summed E-state index contributed by atoms with van der Waals surface area (Å²) in [6.45, 7) is 3.90. The van der Waals surface area contributed by atoms with E-state index in [2.05, 4.69) is 5.32 Å². The summed E-state index contributed by atoms with van der Waals surface area (Å²) in [5.41, 5.74) is 1.92. The molecule has 1 fully saturated rings. The van der Waals surface area contributed by atoms with Crippen molar-refractivity contribution in [3.05, 3.63) is 83.7 Å². The summed E-state index contributed by atoms with van der Waals surface area (Å²) in [6.07, 6.45) is 5.33. The SMILES string of the molecule is CC[C@@H](C(=O)NC1CCCCC1)N(Cc1cccc(C)c1)C(=O)CN(c1ccc(F)cc1)S(=O)(=O)c1ccc2c(c1)OCCO2. The monoisotopic (exact) mass is 637 g/mol. The van der Waals surface area contributed by atoms with Crippen LogP contribution < -0.4 is 19.1 Å². The van der Waals surface area contributed by atoms with Gasteiger partial charge in [-0.05, 0) is 68.1 Å². The highest BCUT2D eigenvalue weighted by atomic mass is 32.2. The van der Waals surface area contributed by atoms with Gasteiger partial charge in [0.05, 0.1) is 10.6 Å². The first-order valence-corrected chi connectivity index (χ1v) is 16.9. The van der Waals surface area contributed by atoms with Crippen LogP contribution in [0.15, 0.2) is 71.6 Å². The smallest absolute Gasteiger partial charge is 0.264 e. The van der Waals surface area contributed by atoms with Crippen LogP contribution in [0.5, 0.6) is 11.5 Å². The van der Waals surface area contributed by atoms with Gasteiger partial charge in [-0.2, -0.15) is 0 Å². The second kappa shape index (κ2) is 14.3. The van der Waals surface area contributed by atoms with Crippen molar-refractivity contribution in [2.75, 3.05) is 24.1 Å². The second-order valence-electron chi connectivity index (χ2n) is 11.6. The standard InChI is InChI=1S/C34H40FN3O6S/c1-3-30(34(40)36-27-10-5-4-6-11-27)37(22-25-9-7-8-24(2)20-25)33(39)23-38(28-14-12-26(35)13-15-28)45(41,42)29-16-17-31-32(21-29)44-19-18-43-31/h7-9,12-17,20-21,27,30H,3-6,10-11,18-19,22-23H2,1-2H3,(H,36,40)/t30-/m0/s1. The van der Waals surface area contributed by atoms with Crippen LogP contribution in [0.2, 0.25) is 0 Å². The zero-order valence-electron chi connectivity index (χ0n) is 25.7. The number of sulfonamides is 1. The first kappa shape index (κ1) is 32.3. The van der Waals surface area contributed by atoms with E-state index in [4.69, 9.17) is 9.47 Å². The fraction of sp³-hybridized carbons (Fsp3) is 0.412. The van der Waals surface area contributed by atoms with Crippen molar-refractivity contribution in [3.63, 3.8) is 0 Å². The highest BCUT2D eigenvalue weighted by molar-refractivity contribution is 7.92. The van der Waals surface area contributed by atoms with Gasteiger partial charge >= 0.3 is 0 Å². The van der Waals surface area contributed by atoms with Gasteiger partial charge in [-0.25, -0.2) is 12.8 Å². The fourth-order valence-electron chi connectivity index (χ4n) is 5.92. The molecule has 0 spiro atoms. The number of rotatable bonds is 11. The maximum atomic E-state index is 14.3. The average Bonchev–Trinajstić information content (AvgIpc) is 3.04. The summed E-state index contributed by atoms with van der Waals surface area (Å²) in [4.78, 5) is 29.3. The molecule has 1 N–H and O–H groups in total. The van der Waals surface area contributed by atoms with Gasteiger partial charge in [0.2, 0.25) is 11.8 Å². The molecule has 1 aliphatic carbocycles. The summed E-state index contributed by atoms with van der Waals surface area (Å²) in [6, 6.07) is 16.0. The highest BCUT2D eigenvalue weighted by Gasteiger charge is 2.35. The number of fused-ring (bicyclic) bond motifs is 1. The molecule has 1 heterocycles. The number of carbonyl (C=O) groups is 2. The van der Waals surface area contributed by atoms with E-state index >= 15 is 0 Å². The fourth-order valence-corrected chi connectivity index (χ4v) is 7.35. The van der Waals surface area contributed by atoms with Crippen molar-refractivity contribution < 1.29 is 31.9 Å². The number of anilines is 1. The Morgan fingerprint density at radius 1 is 0.956 bits per heavy atom. The lowest BCUT2D eigenvalue weighted by molar-refractivity contribution is -0.140. The number of nitrogens with one attached hydrogen (secondary N) is 1. The van der Waals surface area contributed by atoms with Crippen molar-refractivity contribution in [2.24, 2.45) is 0 Å². The predicted molar refractivity (Wildman–Crippen MR) is 169 cm³/mol. The Labute approximate surface area is 264 Å². The minimum atomic E-state index is -4.36. The number of ether oxygens (including phenoxy) is 2. The molecule has 5 rings (SSSR count). The van der Waals surface area contributed by atoms with Gasteiger partial charge < -0.3 is 19.7 Å². The molecule has 11 heteroatoms. The highest BCUT2D eigenvalue weighted by Crippen LogP contribution is 2.34. The van der Waals surface area contributed by atoms with Crippen LogP contribution in [-0.2, 0) is 26.2 Å². The molecule has 0 saturated heterocycles. The molecule has 9 nitrogen and oxygen atoms in total. The van der Waals surface area contributed by atoms with Crippen LogP contribution in [0.4, 0.5) is 10.1 Å². The molecule has 0 bridgehead atoms. The van der Waals surface area contributed by atoms with E-state index in [1.165, 1.54) is 35.2 Å². The molecule has 1 atom stereocenters. The molecule has 0 unspecified atom stereocenters. The van der Waals surface area contributed by atoms with Gasteiger partial charge in [0.25, 0.3) is 10.0 Å². The maximum absolute atomic E-state index is 14.3. The quantitative estimate of drug-likeness (QED) is 0.304. The third-order valence-corrected chi connectivity index (χ3v) is 10.0. The first-order chi connectivity index (χ1) is 21.7. The third-order valence-electron chi connectivity index (χ3n) is 8.27. The normalized spacial score (nSPS) is 15.6. The van der Waals surface area contributed by atoms with Crippen molar-refractivity contribution >= 4 is 27.5 Å². The first-order valence-electron chi connectivity index (χ1n) is 15.5. The van der Waals surface area contributed by atoms with E-state index in [0.29, 0.717) is 18.8 Å². The second-order valence-corrected chi connectivity index (χ2v) is 13.4. The molecule has 0 aromatic heterocycles. The lowest BCUT2D eigenvalue weighted by Crippen LogP contribution is -2.54. The zero-order valence-corrected chi connectivity index (χ0v) is 26.5. The number of aryl methyl sites for hydroxylation is 1. The predicted octanol–water partition coefficient (Wildman–Crippen LogP) is 5.36. The van der Waals surface area contributed by atoms with E-state index in [-0.39, 0.29) is 41.4 Å². The van der Waals surface area contributed by atoms with Crippen molar-refractivity contribution in [2.45, 2.75) is 75.9 Å². The summed E-state index contributed by atoms with van der Waals surface area (Å²) < 4.78 is 54.4. The number of halogens is 1. The molecule has 2 amide bonds. The Kier molecular flexibility index (Phi) is 10.3. The van der Waals surface area contributed by atoms with Gasteiger partial charge in [-0.3, -0.25) is 13.9 Å². The number of benzene rings is 3. The molecule has 2 aliphatic rings. The topological polar surface area (TPSA) is 105 Å². The van der Waals surface area contributed by atoms with Gasteiger partial charge in [-0.15, -0.1) is 0 Å². The van der Waals surface area contributed by atoms with Gasteiger partial charge in [-0.1, -0.05) is 56.0 Å². The molecular formula is C34H40FN3O6S. The molecule has 1 aliphatic heterocycles. The third kappa shape index (κ3) is 7.76. The lowest BCUT2D eigenvalue weighted by atomic mass is 9.95. The summed E-state index contributed by atoms with van der Waals surface area (Å²) in [5, 5.41) is 3.15. The van der Waals surface area contributed by atoms with Crippen LogP contribution in [-0.4, -0.2) is 57.0 Å². The van der Waals surface area contributed by atoms with E-state index in [0.717, 1.165) is 59.7 Å². The zero-order chi connectivity index (χ0) is 32.0. The van der Waals surface area contributed by atoms with E-state index in [1.54, 1.807) is 0 Å². The number of hydrogen-bond acceptors (Lipinski definition) is 6. The largest absolute Gasteiger partial charge is 0.486 e. The van der Waals surface area contributed by atoms with Crippen molar-refractivity contribution in [1.29, 1.82) is 0 Å². The Morgan fingerprint density at radius 3 is 2.36 bits per heavy atom. The average molecular weight is 638 g/mol. The number of amides is 2. The summed E-state index contributed by atoms with van der Waals surface area (Å²) in [5.74, 6) is -0.669. The molecule has 45 heavy (non-hydrogen) atoms. The van der Waals surface area contributed by atoms with Crippen LogP contribution in [0.1, 0.15) is 56.6 Å². The van der Waals surface area contributed by atoms with Crippen LogP contribution in [0.25, 0.3) is 0 Å². The number of nitrogens with zero attached hydrogens (tertiary/aromatic N) is 2. The summed E-state index contributed by atoms with van der Waals surface area (Å²) >= 11 is 0. The Hall–Kier alpha value is -4.12. The number of carbonyl (C=O) groups excluding carboxylic acids is 2. The van der Waals surface area contributed by atoms with E-state index in [9.17, 15) is 22.4 Å². The Balaban J connectivity index is 1.50. The molecule has 3 aromatic carbocycles. The van der Waals surface area contributed by atoms with E-state index in [1.807, 2.05) is 38.1 Å². The lowest BCUT2D eigenvalue weighted by Gasteiger charge is -2.34. The summed E-state index contributed by atoms with van der Waals surface area (Å²) in [7, 11) is -4.36. The van der Waals surface area contributed by atoms with Crippen LogP contribution >= 0.6 is 0 Å². The van der Waals surface area contributed by atoms with Crippen molar-refractivity contribution in [3.8, 4) is 11.5 Å². The number of hydrogen-bond donors (Lipinski definition) is 1. The van der Waals surface area contributed by atoms with E-state index < -0.39 is 34.3 Å². The molecule has 1 saturated carbocycles. The van der Waals surface area contributed by atoms with Crippen LogP contribution in [0, 0.1) is 12.7 Å². The Morgan fingerprint density at radius 2 is 1.67 bits per heavy atom. The molecular weight excluding hydrogens is 597 g/mol. The minimum absolute atomic E-state index is 0.0440.